The molecule has 0 spiro atoms. The first-order valence-corrected chi connectivity index (χ1v) is 10.5. The van der Waals surface area contributed by atoms with Crippen LogP contribution in [0.15, 0.2) is 59.5 Å². The summed E-state index contributed by atoms with van der Waals surface area (Å²) in [5, 5.41) is 12.7. The summed E-state index contributed by atoms with van der Waals surface area (Å²) < 4.78 is 5.22. The molecule has 2 unspecified atom stereocenters. The number of carbonyl (C=O) groups excluding carboxylic acids is 2. The van der Waals surface area contributed by atoms with E-state index in [1.807, 2.05) is 43.3 Å². The van der Waals surface area contributed by atoms with Crippen LogP contribution in [0.5, 0.6) is 0 Å². The first-order chi connectivity index (χ1) is 14.6. The molecule has 1 aromatic carbocycles. The Morgan fingerprint density at radius 2 is 2.10 bits per heavy atom. The molecule has 154 valence electrons. The van der Waals surface area contributed by atoms with Gasteiger partial charge in [-0.3, -0.25) is 25.2 Å². The third-order valence-corrected chi connectivity index (χ3v) is 5.70. The molecule has 3 aromatic rings. The Hall–Kier alpha value is -3.17. The van der Waals surface area contributed by atoms with E-state index in [1.54, 1.807) is 18.6 Å². The van der Waals surface area contributed by atoms with E-state index in [9.17, 15) is 9.59 Å². The van der Waals surface area contributed by atoms with Crippen LogP contribution in [-0.4, -0.2) is 33.2 Å². The van der Waals surface area contributed by atoms with E-state index in [1.165, 1.54) is 11.8 Å². The molecule has 4 rings (SSSR count). The van der Waals surface area contributed by atoms with Crippen LogP contribution in [0.3, 0.4) is 0 Å². The van der Waals surface area contributed by atoms with Crippen LogP contribution in [0.4, 0.5) is 5.88 Å². The van der Waals surface area contributed by atoms with Crippen LogP contribution < -0.4 is 16.0 Å². The van der Waals surface area contributed by atoms with Crippen LogP contribution >= 0.6 is 11.8 Å². The van der Waals surface area contributed by atoms with Gasteiger partial charge in [-0.05, 0) is 24.1 Å². The zero-order valence-electron chi connectivity index (χ0n) is 16.3. The predicted octanol–water partition coefficient (Wildman–Crippen LogP) is 2.85. The number of rotatable bonds is 6. The van der Waals surface area contributed by atoms with Crippen molar-refractivity contribution in [1.29, 1.82) is 0 Å². The van der Waals surface area contributed by atoms with Crippen molar-refractivity contribution < 1.29 is 14.1 Å². The van der Waals surface area contributed by atoms with Crippen LogP contribution in [0.25, 0.3) is 11.1 Å². The highest BCUT2D eigenvalue weighted by atomic mass is 32.2. The maximum Gasteiger partial charge on any atom is 0.239 e. The average molecular weight is 423 g/mol. The lowest BCUT2D eigenvalue weighted by molar-refractivity contribution is -0.123. The molecule has 0 saturated carbocycles. The molecule has 9 heteroatoms. The van der Waals surface area contributed by atoms with E-state index in [0.717, 1.165) is 16.7 Å². The number of nitrogens with one attached hydrogen (secondary N) is 3. The van der Waals surface area contributed by atoms with Crippen LogP contribution in [0.2, 0.25) is 0 Å². The van der Waals surface area contributed by atoms with Crippen molar-refractivity contribution in [2.75, 3.05) is 11.1 Å². The molecule has 2 amide bonds. The normalized spacial score (nSPS) is 18.6. The summed E-state index contributed by atoms with van der Waals surface area (Å²) in [7, 11) is 0. The number of hydrogen-bond acceptors (Lipinski definition) is 7. The van der Waals surface area contributed by atoms with Crippen molar-refractivity contribution in [3.05, 3.63) is 66.1 Å². The number of pyridine rings is 1. The van der Waals surface area contributed by atoms with Crippen molar-refractivity contribution in [1.82, 2.24) is 20.8 Å². The van der Waals surface area contributed by atoms with Gasteiger partial charge in [-0.25, -0.2) is 0 Å². The molecule has 2 atom stereocenters. The maximum absolute atomic E-state index is 12.5. The highest BCUT2D eigenvalue weighted by Gasteiger charge is 2.27. The Kier molecular flexibility index (Phi) is 6.10. The van der Waals surface area contributed by atoms with Gasteiger partial charge in [-0.1, -0.05) is 41.1 Å². The van der Waals surface area contributed by atoms with Crippen LogP contribution in [0, 0.1) is 6.92 Å². The quantitative estimate of drug-likeness (QED) is 0.559. The summed E-state index contributed by atoms with van der Waals surface area (Å²) in [4.78, 5) is 28.6. The van der Waals surface area contributed by atoms with E-state index in [2.05, 4.69) is 26.1 Å². The Morgan fingerprint density at radius 3 is 2.87 bits per heavy atom. The number of thioether (sulfide) groups is 1. The Labute approximate surface area is 177 Å². The van der Waals surface area contributed by atoms with Gasteiger partial charge < -0.3 is 9.84 Å². The zero-order chi connectivity index (χ0) is 20.9. The molecule has 1 aliphatic heterocycles. The fourth-order valence-corrected chi connectivity index (χ4v) is 4.02. The lowest BCUT2D eigenvalue weighted by Gasteiger charge is -2.31. The topological polar surface area (TPSA) is 109 Å². The summed E-state index contributed by atoms with van der Waals surface area (Å²) in [5.41, 5.74) is 3.32. The minimum absolute atomic E-state index is 0.0718. The number of aromatic nitrogens is 2. The van der Waals surface area contributed by atoms with Crippen molar-refractivity contribution in [3.8, 4) is 11.1 Å². The summed E-state index contributed by atoms with van der Waals surface area (Å²) in [5.74, 6) is 0.117. The molecule has 0 radical (unpaired) electrons. The number of hydrogen-bond donors (Lipinski definition) is 3. The third kappa shape index (κ3) is 4.87. The number of carbonyl (C=O) groups is 2. The molecule has 3 N–H and O–H groups in total. The molecule has 3 heterocycles. The lowest BCUT2D eigenvalue weighted by atomic mass is 10.0. The molecule has 2 aromatic heterocycles. The van der Waals surface area contributed by atoms with Gasteiger partial charge in [0.15, 0.2) is 0 Å². The van der Waals surface area contributed by atoms with Crippen LogP contribution in [0.1, 0.15) is 23.6 Å². The van der Waals surface area contributed by atoms with Gasteiger partial charge >= 0.3 is 0 Å². The first-order valence-electron chi connectivity index (χ1n) is 9.47. The standard InChI is InChI=1S/C21H21N5O3S/c1-13-4-6-14(7-5-13)16-11-23-29-20(16)25-19(28)12-30-21-24-17(9-18(27)26-21)15-3-2-8-22-10-15/h2-8,10-11,17,21,24H,9,12H2,1H3,(H,25,28)(H,26,27). The third-order valence-electron chi connectivity index (χ3n) is 4.69. The van der Waals surface area contributed by atoms with E-state index < -0.39 is 0 Å². The largest absolute Gasteiger partial charge is 0.338 e. The predicted molar refractivity (Wildman–Crippen MR) is 114 cm³/mol. The molecule has 1 aliphatic rings. The molecule has 0 aliphatic carbocycles. The van der Waals surface area contributed by atoms with Crippen LogP contribution in [-0.2, 0) is 9.59 Å². The molecular weight excluding hydrogens is 402 g/mol. The number of amides is 2. The first kappa shape index (κ1) is 20.1. The van der Waals surface area contributed by atoms with Crippen molar-refractivity contribution >= 4 is 29.5 Å². The smallest absolute Gasteiger partial charge is 0.239 e. The maximum atomic E-state index is 12.5. The SMILES string of the molecule is Cc1ccc(-c2cnoc2NC(=O)CSC2NC(=O)CC(c3cccnc3)N2)cc1. The highest BCUT2D eigenvalue weighted by Crippen LogP contribution is 2.28. The van der Waals surface area contributed by atoms with E-state index in [-0.39, 0.29) is 29.1 Å². The summed E-state index contributed by atoms with van der Waals surface area (Å²) in [6.07, 6.45) is 5.33. The second-order valence-corrected chi connectivity index (χ2v) is 8.04. The molecule has 1 fully saturated rings. The molecular formula is C21H21N5O3S. The van der Waals surface area contributed by atoms with Gasteiger partial charge in [-0.2, -0.15) is 0 Å². The number of aryl methyl sites for hydroxylation is 1. The Morgan fingerprint density at radius 1 is 1.27 bits per heavy atom. The second-order valence-electron chi connectivity index (χ2n) is 6.95. The van der Waals surface area contributed by atoms with E-state index in [0.29, 0.717) is 17.9 Å². The second kappa shape index (κ2) is 9.10. The Bertz CT molecular complexity index is 1020. The lowest BCUT2D eigenvalue weighted by Crippen LogP contribution is -2.51. The molecule has 1 saturated heterocycles. The Balaban J connectivity index is 1.35. The highest BCUT2D eigenvalue weighted by molar-refractivity contribution is 8.00. The van der Waals surface area contributed by atoms with Gasteiger partial charge in [0.25, 0.3) is 0 Å². The monoisotopic (exact) mass is 423 g/mol. The van der Waals surface area contributed by atoms with Crippen molar-refractivity contribution in [2.24, 2.45) is 0 Å². The summed E-state index contributed by atoms with van der Waals surface area (Å²) in [6.45, 7) is 2.01. The van der Waals surface area contributed by atoms with Gasteiger partial charge in [0.2, 0.25) is 17.7 Å². The molecule has 8 nitrogen and oxygen atoms in total. The number of anilines is 1. The van der Waals surface area contributed by atoms with Gasteiger partial charge in [0.1, 0.15) is 5.50 Å². The summed E-state index contributed by atoms with van der Waals surface area (Å²) in [6, 6.07) is 11.5. The molecule has 30 heavy (non-hydrogen) atoms. The van der Waals surface area contributed by atoms with Gasteiger partial charge in [-0.15, -0.1) is 11.8 Å². The fraction of sp³-hybridized carbons (Fsp3) is 0.238. The van der Waals surface area contributed by atoms with Gasteiger partial charge in [0.05, 0.1) is 17.5 Å². The van der Waals surface area contributed by atoms with Crippen molar-refractivity contribution in [2.45, 2.75) is 24.9 Å². The average Bonchev–Trinajstić information content (AvgIpc) is 3.21. The van der Waals surface area contributed by atoms with Crippen molar-refractivity contribution in [3.63, 3.8) is 0 Å². The van der Waals surface area contributed by atoms with Gasteiger partial charge in [0, 0.05) is 24.9 Å². The minimum Gasteiger partial charge on any atom is -0.338 e. The summed E-state index contributed by atoms with van der Waals surface area (Å²) >= 11 is 1.30. The zero-order valence-corrected chi connectivity index (χ0v) is 17.1. The minimum atomic E-state index is -0.381. The molecule has 0 bridgehead atoms. The van der Waals surface area contributed by atoms with E-state index >= 15 is 0 Å². The fourth-order valence-electron chi connectivity index (χ4n) is 3.15. The number of benzene rings is 1. The number of nitrogens with zero attached hydrogens (tertiary/aromatic N) is 2. The van der Waals surface area contributed by atoms with E-state index in [4.69, 9.17) is 4.52 Å².